The average molecular weight is 236 g/mol. The summed E-state index contributed by atoms with van der Waals surface area (Å²) in [6, 6.07) is 6.26. The van der Waals surface area contributed by atoms with Crippen LogP contribution in [0.15, 0.2) is 24.3 Å². The van der Waals surface area contributed by atoms with Gasteiger partial charge < -0.3 is 10.1 Å². The molecule has 0 amide bonds. The minimum atomic E-state index is -0.407. The number of benzene rings is 1. The van der Waals surface area contributed by atoms with Crippen LogP contribution in [0.2, 0.25) is 0 Å². The molecule has 0 aliphatic heterocycles. The van der Waals surface area contributed by atoms with E-state index in [2.05, 4.69) is 5.32 Å². The van der Waals surface area contributed by atoms with Gasteiger partial charge in [-0.05, 0) is 44.5 Å². The number of nitrogens with zero attached hydrogens (tertiary/aromatic N) is 1. The van der Waals surface area contributed by atoms with Crippen molar-refractivity contribution in [2.24, 2.45) is 5.92 Å². The zero-order valence-electron chi connectivity index (χ0n) is 9.76. The molecule has 0 aromatic heterocycles. The van der Waals surface area contributed by atoms with E-state index in [0.717, 1.165) is 19.4 Å². The van der Waals surface area contributed by atoms with Crippen molar-refractivity contribution in [3.63, 3.8) is 0 Å². The first-order valence-corrected chi connectivity index (χ1v) is 5.74. The normalized spacial score (nSPS) is 22.9. The first-order chi connectivity index (χ1) is 8.19. The van der Waals surface area contributed by atoms with Crippen LogP contribution in [0.25, 0.3) is 0 Å². The number of hydrogen-bond acceptors (Lipinski definition) is 4. The Labute approximate surface area is 99.9 Å². The van der Waals surface area contributed by atoms with Crippen LogP contribution in [0.5, 0.6) is 5.75 Å². The molecular formula is C12H16N2O3. The number of rotatable bonds is 5. The van der Waals surface area contributed by atoms with E-state index in [9.17, 15) is 10.1 Å². The molecule has 0 atom stereocenters. The standard InChI is InChI=1S/C12H16N2O3/c1-13-8-9-6-12(7-9)17-11-4-2-10(3-5-11)14(15)16/h2-5,9,12-13H,6-8H2,1H3. The number of nitrogens with one attached hydrogen (secondary N) is 1. The Morgan fingerprint density at radius 3 is 2.59 bits per heavy atom. The smallest absolute Gasteiger partial charge is 0.269 e. The lowest BCUT2D eigenvalue weighted by Gasteiger charge is -2.35. The second-order valence-electron chi connectivity index (χ2n) is 4.39. The van der Waals surface area contributed by atoms with Crippen molar-refractivity contribution in [1.29, 1.82) is 0 Å². The van der Waals surface area contributed by atoms with Crippen LogP contribution < -0.4 is 10.1 Å². The molecule has 1 fully saturated rings. The molecule has 17 heavy (non-hydrogen) atoms. The van der Waals surface area contributed by atoms with Crippen molar-refractivity contribution in [3.05, 3.63) is 34.4 Å². The minimum absolute atomic E-state index is 0.0963. The van der Waals surface area contributed by atoms with Crippen LogP contribution in [0.4, 0.5) is 5.69 Å². The number of nitro benzene ring substituents is 1. The minimum Gasteiger partial charge on any atom is -0.490 e. The maximum absolute atomic E-state index is 10.5. The number of nitro groups is 1. The Morgan fingerprint density at radius 1 is 1.41 bits per heavy atom. The number of ether oxygens (including phenoxy) is 1. The highest BCUT2D eigenvalue weighted by Crippen LogP contribution is 2.31. The third kappa shape index (κ3) is 2.94. The molecule has 0 bridgehead atoms. The van der Waals surface area contributed by atoms with Gasteiger partial charge in [-0.2, -0.15) is 0 Å². The van der Waals surface area contributed by atoms with E-state index in [4.69, 9.17) is 4.74 Å². The molecule has 1 aromatic rings. The van der Waals surface area contributed by atoms with Gasteiger partial charge in [-0.3, -0.25) is 10.1 Å². The topological polar surface area (TPSA) is 64.4 Å². The van der Waals surface area contributed by atoms with Crippen LogP contribution in [0, 0.1) is 16.0 Å². The van der Waals surface area contributed by atoms with E-state index in [0.29, 0.717) is 11.7 Å². The molecule has 1 N–H and O–H groups in total. The van der Waals surface area contributed by atoms with Gasteiger partial charge in [-0.25, -0.2) is 0 Å². The molecule has 0 heterocycles. The average Bonchev–Trinajstić information content (AvgIpc) is 2.27. The molecular weight excluding hydrogens is 220 g/mol. The zero-order valence-corrected chi connectivity index (χ0v) is 9.76. The van der Waals surface area contributed by atoms with Gasteiger partial charge in [0, 0.05) is 12.1 Å². The second kappa shape index (κ2) is 5.14. The third-order valence-corrected chi connectivity index (χ3v) is 3.04. The Morgan fingerprint density at radius 2 is 2.06 bits per heavy atom. The summed E-state index contributed by atoms with van der Waals surface area (Å²) in [5, 5.41) is 13.6. The quantitative estimate of drug-likeness (QED) is 0.627. The molecule has 1 aliphatic carbocycles. The summed E-state index contributed by atoms with van der Waals surface area (Å²) in [4.78, 5) is 10.1. The van der Waals surface area contributed by atoms with E-state index in [1.54, 1.807) is 12.1 Å². The van der Waals surface area contributed by atoms with Gasteiger partial charge in [0.1, 0.15) is 5.75 Å². The molecule has 5 nitrogen and oxygen atoms in total. The van der Waals surface area contributed by atoms with Crippen LogP contribution in [0.1, 0.15) is 12.8 Å². The van der Waals surface area contributed by atoms with Crippen LogP contribution >= 0.6 is 0 Å². The predicted octanol–water partition coefficient (Wildman–Crippen LogP) is 1.97. The fourth-order valence-corrected chi connectivity index (χ4v) is 2.06. The van der Waals surface area contributed by atoms with Crippen LogP contribution in [-0.2, 0) is 0 Å². The Balaban J connectivity index is 1.82. The molecule has 0 radical (unpaired) electrons. The van der Waals surface area contributed by atoms with Crippen molar-refractivity contribution in [2.45, 2.75) is 18.9 Å². The van der Waals surface area contributed by atoms with E-state index in [1.807, 2.05) is 7.05 Å². The Hall–Kier alpha value is -1.62. The van der Waals surface area contributed by atoms with Gasteiger partial charge in [-0.1, -0.05) is 0 Å². The summed E-state index contributed by atoms with van der Waals surface area (Å²) in [6.45, 7) is 1.03. The predicted molar refractivity (Wildman–Crippen MR) is 64.2 cm³/mol. The van der Waals surface area contributed by atoms with Crippen molar-refractivity contribution in [3.8, 4) is 5.75 Å². The van der Waals surface area contributed by atoms with Crippen molar-refractivity contribution >= 4 is 5.69 Å². The molecule has 2 rings (SSSR count). The van der Waals surface area contributed by atoms with Crippen LogP contribution in [0.3, 0.4) is 0 Å². The summed E-state index contributed by atoms with van der Waals surface area (Å²) in [5.74, 6) is 1.41. The third-order valence-electron chi connectivity index (χ3n) is 3.04. The first-order valence-electron chi connectivity index (χ1n) is 5.74. The highest BCUT2D eigenvalue weighted by atomic mass is 16.6. The lowest BCUT2D eigenvalue weighted by molar-refractivity contribution is -0.384. The van der Waals surface area contributed by atoms with Crippen LogP contribution in [-0.4, -0.2) is 24.6 Å². The van der Waals surface area contributed by atoms with E-state index >= 15 is 0 Å². The largest absolute Gasteiger partial charge is 0.490 e. The highest BCUT2D eigenvalue weighted by Gasteiger charge is 2.30. The number of hydrogen-bond donors (Lipinski definition) is 1. The SMILES string of the molecule is CNCC1CC(Oc2ccc([N+](=O)[O-])cc2)C1. The molecule has 92 valence electrons. The number of non-ortho nitro benzene ring substituents is 1. The zero-order chi connectivity index (χ0) is 12.3. The van der Waals surface area contributed by atoms with Gasteiger partial charge in [0.15, 0.2) is 0 Å². The van der Waals surface area contributed by atoms with Crippen molar-refractivity contribution < 1.29 is 9.66 Å². The monoisotopic (exact) mass is 236 g/mol. The van der Waals surface area contributed by atoms with Crippen molar-refractivity contribution in [1.82, 2.24) is 5.32 Å². The van der Waals surface area contributed by atoms with Gasteiger partial charge in [0.05, 0.1) is 11.0 Å². The molecule has 5 heteroatoms. The van der Waals surface area contributed by atoms with Gasteiger partial charge in [-0.15, -0.1) is 0 Å². The Bertz CT molecular complexity index is 385. The Kier molecular flexibility index (Phi) is 3.58. The van der Waals surface area contributed by atoms with E-state index in [1.165, 1.54) is 12.1 Å². The second-order valence-corrected chi connectivity index (χ2v) is 4.39. The molecule has 1 aliphatic rings. The maximum Gasteiger partial charge on any atom is 0.269 e. The fourth-order valence-electron chi connectivity index (χ4n) is 2.06. The highest BCUT2D eigenvalue weighted by molar-refractivity contribution is 5.36. The molecule has 0 spiro atoms. The van der Waals surface area contributed by atoms with E-state index in [-0.39, 0.29) is 11.8 Å². The van der Waals surface area contributed by atoms with Crippen molar-refractivity contribution in [2.75, 3.05) is 13.6 Å². The fraction of sp³-hybridized carbons (Fsp3) is 0.500. The molecule has 1 saturated carbocycles. The molecule has 0 unspecified atom stereocenters. The van der Waals surface area contributed by atoms with Gasteiger partial charge >= 0.3 is 0 Å². The molecule has 0 saturated heterocycles. The van der Waals surface area contributed by atoms with Gasteiger partial charge in [0.25, 0.3) is 5.69 Å². The summed E-state index contributed by atoms with van der Waals surface area (Å²) >= 11 is 0. The summed E-state index contributed by atoms with van der Waals surface area (Å²) in [6.07, 6.45) is 2.37. The lowest BCUT2D eigenvalue weighted by Crippen LogP contribution is -2.38. The summed E-state index contributed by atoms with van der Waals surface area (Å²) in [7, 11) is 1.95. The summed E-state index contributed by atoms with van der Waals surface area (Å²) < 4.78 is 5.71. The summed E-state index contributed by atoms with van der Waals surface area (Å²) in [5.41, 5.74) is 0.0963. The van der Waals surface area contributed by atoms with E-state index < -0.39 is 4.92 Å². The maximum atomic E-state index is 10.5. The first kappa shape index (κ1) is 11.9. The lowest BCUT2D eigenvalue weighted by atomic mass is 9.82. The molecule has 1 aromatic carbocycles. The van der Waals surface area contributed by atoms with Gasteiger partial charge in [0.2, 0.25) is 0 Å².